The molecule has 4 heteroatoms. The van der Waals surface area contributed by atoms with Gasteiger partial charge in [-0.15, -0.1) is 0 Å². The molecule has 1 aromatic carbocycles. The van der Waals surface area contributed by atoms with Crippen LogP contribution in [0.5, 0.6) is 0 Å². The zero-order chi connectivity index (χ0) is 18.5. The van der Waals surface area contributed by atoms with Crippen LogP contribution in [0.4, 0.5) is 5.82 Å². The Morgan fingerprint density at radius 2 is 1.85 bits per heavy atom. The van der Waals surface area contributed by atoms with Crippen molar-refractivity contribution in [1.29, 1.82) is 0 Å². The third-order valence-corrected chi connectivity index (χ3v) is 5.23. The summed E-state index contributed by atoms with van der Waals surface area (Å²) >= 11 is 0. The average molecular weight is 351 g/mol. The van der Waals surface area contributed by atoms with Gasteiger partial charge in [-0.05, 0) is 48.9 Å². The Morgan fingerprint density at radius 1 is 1.12 bits per heavy atom. The van der Waals surface area contributed by atoms with Crippen LogP contribution in [0, 0.1) is 5.92 Å². The van der Waals surface area contributed by atoms with E-state index in [-0.39, 0.29) is 17.9 Å². The largest absolute Gasteiger partial charge is 0.356 e. The number of carbonyl (C=O) groups excluding carboxylic acids is 1. The van der Waals surface area contributed by atoms with Gasteiger partial charge in [0.15, 0.2) is 0 Å². The molecule has 26 heavy (non-hydrogen) atoms. The Labute approximate surface area is 156 Å². The van der Waals surface area contributed by atoms with Crippen LogP contribution in [0.1, 0.15) is 56.7 Å². The number of piperidine rings is 1. The number of aromatic nitrogens is 1. The minimum atomic E-state index is 0.0168. The highest BCUT2D eigenvalue weighted by atomic mass is 16.2. The van der Waals surface area contributed by atoms with Crippen molar-refractivity contribution in [3.63, 3.8) is 0 Å². The number of anilines is 1. The molecule has 0 bridgehead atoms. The van der Waals surface area contributed by atoms with Gasteiger partial charge in [0.1, 0.15) is 5.82 Å². The molecular formula is C22H29N3O. The Kier molecular flexibility index (Phi) is 5.92. The summed E-state index contributed by atoms with van der Waals surface area (Å²) in [6, 6.07) is 14.5. The lowest BCUT2D eigenvalue weighted by atomic mass is 9.95. The number of benzene rings is 1. The zero-order valence-corrected chi connectivity index (χ0v) is 16.0. The molecule has 1 saturated heterocycles. The monoisotopic (exact) mass is 351 g/mol. The summed E-state index contributed by atoms with van der Waals surface area (Å²) in [7, 11) is 0. The number of amides is 1. The molecule has 0 unspecified atom stereocenters. The maximum absolute atomic E-state index is 12.8. The molecule has 0 saturated carbocycles. The fraction of sp³-hybridized carbons (Fsp3) is 0.455. The van der Waals surface area contributed by atoms with Gasteiger partial charge in [0.05, 0.1) is 12.0 Å². The smallest absolute Gasteiger partial charge is 0.225 e. The molecule has 3 rings (SSSR count). The molecule has 0 spiro atoms. The first-order chi connectivity index (χ1) is 12.5. The quantitative estimate of drug-likeness (QED) is 0.873. The number of hydrogen-bond donors (Lipinski definition) is 1. The zero-order valence-electron chi connectivity index (χ0n) is 16.0. The van der Waals surface area contributed by atoms with E-state index in [2.05, 4.69) is 60.2 Å². The van der Waals surface area contributed by atoms with Gasteiger partial charge in [0.25, 0.3) is 0 Å². The summed E-state index contributed by atoms with van der Waals surface area (Å²) in [5.41, 5.74) is 2.48. The van der Waals surface area contributed by atoms with E-state index in [1.54, 1.807) is 0 Å². The third kappa shape index (κ3) is 4.43. The summed E-state index contributed by atoms with van der Waals surface area (Å²) in [5.74, 6) is 1.64. The molecule has 2 aromatic rings. The highest BCUT2D eigenvalue weighted by Gasteiger charge is 2.27. The molecule has 2 atom stereocenters. The predicted octanol–water partition coefficient (Wildman–Crippen LogP) is 4.30. The van der Waals surface area contributed by atoms with Crippen molar-refractivity contribution in [2.45, 2.75) is 45.6 Å². The summed E-state index contributed by atoms with van der Waals surface area (Å²) in [4.78, 5) is 19.4. The summed E-state index contributed by atoms with van der Waals surface area (Å²) in [5, 5.41) is 3.20. The van der Waals surface area contributed by atoms with E-state index in [1.165, 1.54) is 5.56 Å². The standard InChI is InChI=1S/C22H29N3O/c1-16(2)18-9-11-19(12-10-18)17(3)24-22(26)20-7-6-14-25(15-20)21-8-4-5-13-23-21/h4-5,8-13,16-17,20H,6-7,14-15H2,1-3H3,(H,24,26)/t17-,20-/m1/s1. The van der Waals surface area contributed by atoms with Crippen LogP contribution in [0.25, 0.3) is 0 Å². The fourth-order valence-electron chi connectivity index (χ4n) is 3.52. The minimum absolute atomic E-state index is 0.0168. The number of nitrogens with one attached hydrogen (secondary N) is 1. The van der Waals surface area contributed by atoms with E-state index in [0.717, 1.165) is 37.3 Å². The second-order valence-electron chi connectivity index (χ2n) is 7.52. The maximum atomic E-state index is 12.8. The van der Waals surface area contributed by atoms with E-state index in [4.69, 9.17) is 0 Å². The van der Waals surface area contributed by atoms with Gasteiger partial charge in [0.2, 0.25) is 5.91 Å². The Balaban J connectivity index is 1.60. The topological polar surface area (TPSA) is 45.2 Å². The van der Waals surface area contributed by atoms with E-state index in [0.29, 0.717) is 5.92 Å². The fourth-order valence-corrected chi connectivity index (χ4v) is 3.52. The molecular weight excluding hydrogens is 322 g/mol. The van der Waals surface area contributed by atoms with Crippen molar-refractivity contribution < 1.29 is 4.79 Å². The van der Waals surface area contributed by atoms with E-state index in [1.807, 2.05) is 24.4 Å². The Bertz CT molecular complexity index is 712. The third-order valence-electron chi connectivity index (χ3n) is 5.23. The predicted molar refractivity (Wildman–Crippen MR) is 106 cm³/mol. The van der Waals surface area contributed by atoms with Crippen LogP contribution in [-0.2, 0) is 4.79 Å². The first-order valence-electron chi connectivity index (χ1n) is 9.61. The number of pyridine rings is 1. The van der Waals surface area contributed by atoms with Crippen molar-refractivity contribution in [3.8, 4) is 0 Å². The Hall–Kier alpha value is -2.36. The first-order valence-corrected chi connectivity index (χ1v) is 9.61. The van der Waals surface area contributed by atoms with Gasteiger partial charge in [-0.2, -0.15) is 0 Å². The van der Waals surface area contributed by atoms with E-state index < -0.39 is 0 Å². The van der Waals surface area contributed by atoms with Gasteiger partial charge in [-0.25, -0.2) is 4.98 Å². The van der Waals surface area contributed by atoms with E-state index in [9.17, 15) is 4.79 Å². The lowest BCUT2D eigenvalue weighted by Gasteiger charge is -2.33. The van der Waals surface area contributed by atoms with Gasteiger partial charge in [-0.1, -0.05) is 44.2 Å². The molecule has 1 amide bonds. The molecule has 0 radical (unpaired) electrons. The van der Waals surface area contributed by atoms with Crippen molar-refractivity contribution >= 4 is 11.7 Å². The van der Waals surface area contributed by atoms with Crippen molar-refractivity contribution in [1.82, 2.24) is 10.3 Å². The van der Waals surface area contributed by atoms with Crippen molar-refractivity contribution in [2.24, 2.45) is 5.92 Å². The van der Waals surface area contributed by atoms with Gasteiger partial charge >= 0.3 is 0 Å². The van der Waals surface area contributed by atoms with Crippen LogP contribution < -0.4 is 10.2 Å². The molecule has 1 aliphatic heterocycles. The van der Waals surface area contributed by atoms with Crippen LogP contribution >= 0.6 is 0 Å². The minimum Gasteiger partial charge on any atom is -0.356 e. The SMILES string of the molecule is CC(C)c1ccc([C@@H](C)NC(=O)[C@@H]2CCCN(c3ccccn3)C2)cc1. The number of nitrogens with zero attached hydrogens (tertiary/aromatic N) is 2. The number of hydrogen-bond acceptors (Lipinski definition) is 3. The van der Waals surface area contributed by atoms with Gasteiger partial charge < -0.3 is 10.2 Å². The molecule has 138 valence electrons. The first kappa shape index (κ1) is 18.4. The second kappa shape index (κ2) is 8.35. The molecule has 1 N–H and O–H groups in total. The van der Waals surface area contributed by atoms with Crippen LogP contribution in [0.15, 0.2) is 48.7 Å². The lowest BCUT2D eigenvalue weighted by molar-refractivity contribution is -0.125. The maximum Gasteiger partial charge on any atom is 0.225 e. The molecule has 2 heterocycles. The average Bonchev–Trinajstić information content (AvgIpc) is 2.68. The van der Waals surface area contributed by atoms with Gasteiger partial charge in [0, 0.05) is 19.3 Å². The highest BCUT2D eigenvalue weighted by molar-refractivity contribution is 5.80. The van der Waals surface area contributed by atoms with Crippen molar-refractivity contribution in [3.05, 3.63) is 59.8 Å². The lowest BCUT2D eigenvalue weighted by Crippen LogP contribution is -2.44. The second-order valence-corrected chi connectivity index (χ2v) is 7.52. The van der Waals surface area contributed by atoms with Crippen LogP contribution in [-0.4, -0.2) is 24.0 Å². The van der Waals surface area contributed by atoms with Crippen LogP contribution in [0.2, 0.25) is 0 Å². The number of carbonyl (C=O) groups is 1. The number of rotatable bonds is 5. The van der Waals surface area contributed by atoms with Crippen molar-refractivity contribution in [2.75, 3.05) is 18.0 Å². The molecule has 4 nitrogen and oxygen atoms in total. The Morgan fingerprint density at radius 3 is 2.50 bits per heavy atom. The summed E-state index contributed by atoms with van der Waals surface area (Å²) in [6.45, 7) is 8.14. The molecule has 1 fully saturated rings. The molecule has 1 aromatic heterocycles. The molecule has 1 aliphatic rings. The highest BCUT2D eigenvalue weighted by Crippen LogP contribution is 2.23. The van der Waals surface area contributed by atoms with Gasteiger partial charge in [-0.3, -0.25) is 4.79 Å². The summed E-state index contributed by atoms with van der Waals surface area (Å²) in [6.07, 6.45) is 3.77. The normalized spacial score (nSPS) is 18.6. The van der Waals surface area contributed by atoms with E-state index >= 15 is 0 Å². The van der Waals surface area contributed by atoms with Crippen LogP contribution in [0.3, 0.4) is 0 Å². The summed E-state index contributed by atoms with van der Waals surface area (Å²) < 4.78 is 0. The molecule has 0 aliphatic carbocycles.